The average molecular weight is 1130 g/mol. The number of thiophene rings is 2. The minimum atomic E-state index is -1.37. The highest BCUT2D eigenvalue weighted by Crippen LogP contribution is 2.41. The van der Waals surface area contributed by atoms with Crippen LogP contribution in [0.15, 0.2) is 48.5 Å². The molecule has 0 aliphatic carbocycles. The first-order valence-corrected chi connectivity index (χ1v) is 22.8. The van der Waals surface area contributed by atoms with Crippen LogP contribution >= 0.6 is 57.5 Å². The summed E-state index contributed by atoms with van der Waals surface area (Å²) in [7, 11) is 0. The lowest BCUT2D eigenvalue weighted by molar-refractivity contribution is -0.161. The molecule has 0 saturated carbocycles. The van der Waals surface area contributed by atoms with Gasteiger partial charge < -0.3 is 40.3 Å². The van der Waals surface area contributed by atoms with Crippen LogP contribution in [0.4, 0.5) is 26.3 Å². The highest BCUT2D eigenvalue weighted by molar-refractivity contribution is 7.21. The molecule has 0 bridgehead atoms. The largest absolute Gasteiger partial charge is 0.483 e. The van der Waals surface area contributed by atoms with E-state index < -0.39 is 118 Å². The van der Waals surface area contributed by atoms with Crippen LogP contribution in [-0.2, 0) is 37.0 Å². The van der Waals surface area contributed by atoms with Gasteiger partial charge in [-0.25, -0.2) is 35.9 Å². The van der Waals surface area contributed by atoms with Gasteiger partial charge in [0, 0.05) is 43.1 Å². The highest BCUT2D eigenvalue weighted by Gasteiger charge is 2.28. The second-order valence-corrected chi connectivity index (χ2v) is 19.5. The molecule has 0 atom stereocenters. The van der Waals surface area contributed by atoms with E-state index in [2.05, 4.69) is 4.74 Å². The molecule has 0 unspecified atom stereocenters. The third-order valence-electron chi connectivity index (χ3n) is 9.13. The summed E-state index contributed by atoms with van der Waals surface area (Å²) < 4.78 is 110. The smallest absolute Gasteiger partial charge is 0.351 e. The Labute approximate surface area is 436 Å². The quantitative estimate of drug-likeness (QED) is 0.0425. The molecule has 25 heteroatoms. The lowest BCUT2D eigenvalue weighted by atomic mass is 9.98. The molecule has 2 heterocycles. The van der Waals surface area contributed by atoms with Crippen molar-refractivity contribution in [3.05, 3.63) is 125 Å². The molecule has 73 heavy (non-hydrogen) atoms. The van der Waals surface area contributed by atoms with Crippen LogP contribution in [-0.4, -0.2) is 53.7 Å². The number of aromatic carboxylic acids is 1. The number of nitrogens with two attached hydrogens (primary N) is 2. The van der Waals surface area contributed by atoms with E-state index >= 15 is 0 Å². The summed E-state index contributed by atoms with van der Waals surface area (Å²) in [5.74, 6) is -13.2. The molecule has 6 aromatic rings. The molecule has 0 aliphatic heterocycles. The number of hydrogen-bond acceptors (Lipinski definition) is 13. The molecular weight excluding hydrogens is 1080 g/mol. The molecular formula is C48H47Cl3F6N2O12S2. The van der Waals surface area contributed by atoms with Crippen LogP contribution in [0.5, 0.6) is 11.5 Å². The van der Waals surface area contributed by atoms with E-state index in [0.717, 1.165) is 12.1 Å². The predicted octanol–water partition coefficient (Wildman–Crippen LogP) is 12.7. The summed E-state index contributed by atoms with van der Waals surface area (Å²) in [6.45, 7) is 8.25. The predicted molar refractivity (Wildman–Crippen MR) is 265 cm³/mol. The van der Waals surface area contributed by atoms with Crippen molar-refractivity contribution in [3.8, 4) is 11.5 Å². The molecule has 5 N–H and O–H groups in total. The molecule has 0 saturated heterocycles. The number of carboxylic acids is 1. The average Bonchev–Trinajstić information content (AvgIpc) is 3.87. The van der Waals surface area contributed by atoms with E-state index in [1.165, 1.54) is 12.1 Å². The summed E-state index contributed by atoms with van der Waals surface area (Å²) in [4.78, 5) is 68.6. The molecule has 6 rings (SSSR count). The van der Waals surface area contributed by atoms with Crippen LogP contribution in [0.2, 0.25) is 10.0 Å². The van der Waals surface area contributed by atoms with Crippen molar-refractivity contribution in [1.82, 2.24) is 0 Å². The number of carboxylic acid groups (broad SMARTS) is 1. The molecule has 14 nitrogen and oxygen atoms in total. The van der Waals surface area contributed by atoms with E-state index in [0.29, 0.717) is 46.9 Å². The molecule has 0 fully saturated rings. The minimum absolute atomic E-state index is 0. The Morgan fingerprint density at radius 1 is 0.575 bits per heavy atom. The number of amides is 2. The third-order valence-corrected chi connectivity index (χ3v) is 12.3. The van der Waals surface area contributed by atoms with Crippen molar-refractivity contribution in [2.24, 2.45) is 22.3 Å². The van der Waals surface area contributed by atoms with E-state index in [9.17, 15) is 60.2 Å². The number of halogens is 9. The third kappa shape index (κ3) is 15.6. The number of fused-ring (bicyclic) bond motifs is 2. The number of alkyl halides is 1. The first-order valence-electron chi connectivity index (χ1n) is 19.9. The number of hydrogen-bond donors (Lipinski definition) is 3. The van der Waals surface area contributed by atoms with Gasteiger partial charge in [-0.15, -0.1) is 22.7 Å². The Morgan fingerprint density at radius 3 is 1.26 bits per heavy atom. The number of carbonyl (C=O) groups is 6. The number of carbonyl (C=O) groups excluding carboxylic acids is 5. The maximum absolute atomic E-state index is 14.4. The Balaban J connectivity index is 0.000000427. The van der Waals surface area contributed by atoms with Gasteiger partial charge >= 0.3 is 23.9 Å². The lowest BCUT2D eigenvalue weighted by Crippen LogP contribution is -2.24. The summed E-state index contributed by atoms with van der Waals surface area (Å²) in [5.41, 5.74) is 7.91. The first kappa shape index (κ1) is 62.8. The lowest BCUT2D eigenvalue weighted by Gasteiger charge is -2.16. The maximum Gasteiger partial charge on any atom is 0.351 e. The van der Waals surface area contributed by atoms with Gasteiger partial charge in [0.2, 0.25) is 18.6 Å². The summed E-state index contributed by atoms with van der Waals surface area (Å²) >= 11 is 18.7. The van der Waals surface area contributed by atoms with Crippen LogP contribution in [0.3, 0.4) is 0 Å². The van der Waals surface area contributed by atoms with E-state index in [1.54, 1.807) is 41.5 Å². The van der Waals surface area contributed by atoms with Crippen molar-refractivity contribution in [1.29, 1.82) is 0 Å². The van der Waals surface area contributed by atoms with Crippen LogP contribution in [0.25, 0.3) is 20.2 Å². The number of rotatable bonds is 13. The number of benzene rings is 4. The van der Waals surface area contributed by atoms with Gasteiger partial charge in [0.15, 0.2) is 40.8 Å². The topological polar surface area (TPSA) is 221 Å². The fourth-order valence-electron chi connectivity index (χ4n) is 5.65. The molecule has 2 amide bonds. The monoisotopic (exact) mass is 1130 g/mol. The first-order chi connectivity index (χ1) is 33.0. The second kappa shape index (κ2) is 26.1. The molecule has 0 spiro atoms. The Hall–Kier alpha value is -6.33. The molecule has 0 aliphatic rings. The molecule has 0 radical (unpaired) electrons. The van der Waals surface area contributed by atoms with Crippen molar-refractivity contribution < 1.29 is 83.9 Å². The van der Waals surface area contributed by atoms with Gasteiger partial charge in [0.1, 0.15) is 34.6 Å². The molecule has 396 valence electrons. The van der Waals surface area contributed by atoms with Crippen LogP contribution in [0.1, 0.15) is 108 Å². The molecule has 2 aromatic heterocycles. The Morgan fingerprint density at radius 2 is 0.932 bits per heavy atom. The normalized spacial score (nSPS) is 10.9. The number of ether oxygens (including phenoxy) is 5. The standard InChI is InChI=1S/C23H19ClF3NO6S.C17H9ClF3NO4S.C6H11ClO2.2CH4/c1-23(2,3)22(31)34-9-33-21(30)18-11(16-12(24)4-5-13(25)19(16)35-18)8-32-17-14(26)6-10(20(28)29)7-15(17)27;18-8-1-2-9(19)15-12(8)7(14(27-15)17(24)25)5-26-13-10(20)3-6(16(22)23)4-11(13)21;1-6(2,3)5(8)9-4-7;;/h4-7H,8-9H2,1-3H3,(H2,28,29);1-4H,5H2,(H2,22,23)(H,24,25);4H2,1-3H3;2*1H4. The van der Waals surface area contributed by atoms with Crippen molar-refractivity contribution in [3.63, 3.8) is 0 Å². The zero-order valence-electron chi connectivity index (χ0n) is 37.8. The van der Waals surface area contributed by atoms with Gasteiger partial charge in [-0.05, 0) is 90.1 Å². The summed E-state index contributed by atoms with van der Waals surface area (Å²) in [6, 6.07) is 7.37. The summed E-state index contributed by atoms with van der Waals surface area (Å²) in [5, 5.41) is 9.64. The van der Waals surface area contributed by atoms with E-state index in [-0.39, 0.29) is 78.0 Å². The van der Waals surface area contributed by atoms with E-state index in [4.69, 9.17) is 65.2 Å². The van der Waals surface area contributed by atoms with Crippen molar-refractivity contribution in [2.45, 2.75) is 69.6 Å². The minimum Gasteiger partial charge on any atom is -0.483 e. The number of primary amides is 2. The maximum atomic E-state index is 14.4. The van der Waals surface area contributed by atoms with Gasteiger partial charge in [0.05, 0.1) is 20.2 Å². The second-order valence-electron chi connectivity index (χ2n) is 16.5. The SMILES string of the molecule is C.C.CC(C)(C)C(=O)OCCl.CC(C)(C)C(=O)OCOC(=O)c1sc2c(F)ccc(Cl)c2c1COc1c(F)cc(C(N)=O)cc1F.NC(=O)c1cc(F)c(OCc2c(C(=O)O)sc3c(F)ccc(Cl)c23)c(F)c1. The van der Waals surface area contributed by atoms with Crippen LogP contribution < -0.4 is 20.9 Å². The van der Waals surface area contributed by atoms with Crippen LogP contribution in [0, 0.1) is 45.7 Å². The van der Waals surface area contributed by atoms with E-state index in [1.807, 2.05) is 0 Å². The summed E-state index contributed by atoms with van der Waals surface area (Å²) in [6.07, 6.45) is 0. The highest BCUT2D eigenvalue weighted by atomic mass is 35.5. The van der Waals surface area contributed by atoms with Gasteiger partial charge in [0.25, 0.3) is 0 Å². The Kier molecular flexibility index (Phi) is 22.4. The van der Waals surface area contributed by atoms with Crippen molar-refractivity contribution >= 4 is 113 Å². The van der Waals surface area contributed by atoms with Crippen molar-refractivity contribution in [2.75, 3.05) is 12.9 Å². The fraction of sp³-hybridized carbons (Fsp3) is 0.292. The number of esters is 3. The van der Waals surface area contributed by atoms with Gasteiger partial charge in [-0.2, -0.15) is 0 Å². The fourth-order valence-corrected chi connectivity index (χ4v) is 8.61. The zero-order chi connectivity index (χ0) is 53.4. The van der Waals surface area contributed by atoms with Gasteiger partial charge in [-0.1, -0.05) is 49.7 Å². The molecule has 4 aromatic carbocycles. The zero-order valence-corrected chi connectivity index (χ0v) is 41.7. The Bertz CT molecular complexity index is 3020. The van der Waals surface area contributed by atoms with Gasteiger partial charge in [-0.3, -0.25) is 19.2 Å².